The van der Waals surface area contributed by atoms with Crippen LogP contribution in [0.4, 0.5) is 0 Å². The van der Waals surface area contributed by atoms with Crippen molar-refractivity contribution < 1.29 is 19.7 Å². The number of hydrogen-bond donors (Lipinski definition) is 3. The van der Waals surface area contributed by atoms with E-state index in [0.717, 1.165) is 10.0 Å². The third-order valence-electron chi connectivity index (χ3n) is 3.02. The first-order valence-corrected chi connectivity index (χ1v) is 6.83. The lowest BCUT2D eigenvalue weighted by molar-refractivity contribution is -0.131. The summed E-state index contributed by atoms with van der Waals surface area (Å²) in [5.74, 6) is -0.205. The topological polar surface area (TPSA) is 78.8 Å². The van der Waals surface area contributed by atoms with Crippen molar-refractivity contribution in [3.05, 3.63) is 34.3 Å². The van der Waals surface area contributed by atoms with Crippen molar-refractivity contribution in [1.29, 1.82) is 0 Å². The maximum Gasteiger partial charge on any atom is 0.224 e. The predicted octanol–water partition coefficient (Wildman–Crippen LogP) is 0.228. The van der Waals surface area contributed by atoms with E-state index in [-0.39, 0.29) is 25.5 Å². The summed E-state index contributed by atoms with van der Waals surface area (Å²) < 4.78 is 6.06. The molecule has 1 aliphatic heterocycles. The Morgan fingerprint density at radius 3 is 2.68 bits per heavy atom. The predicted molar refractivity (Wildman–Crippen MR) is 72.6 cm³/mol. The van der Waals surface area contributed by atoms with E-state index in [1.807, 2.05) is 24.3 Å². The highest BCUT2D eigenvalue weighted by Gasteiger charge is 2.32. The zero-order chi connectivity index (χ0) is 13.8. The number of benzene rings is 1. The average Bonchev–Trinajstić information content (AvgIpc) is 2.38. The van der Waals surface area contributed by atoms with E-state index in [9.17, 15) is 15.0 Å². The Hall–Kier alpha value is -0.950. The number of amides is 1. The van der Waals surface area contributed by atoms with Crippen LogP contribution in [0.15, 0.2) is 28.7 Å². The van der Waals surface area contributed by atoms with Crippen molar-refractivity contribution in [2.75, 3.05) is 13.2 Å². The van der Waals surface area contributed by atoms with Crippen LogP contribution in [0.25, 0.3) is 0 Å². The van der Waals surface area contributed by atoms with Crippen LogP contribution < -0.4 is 5.32 Å². The number of halogens is 1. The molecule has 1 aliphatic rings. The zero-order valence-electron chi connectivity index (χ0n) is 10.3. The molecule has 0 spiro atoms. The molecule has 0 bridgehead atoms. The molecule has 1 aromatic rings. The number of ether oxygens (including phenoxy) is 1. The maximum atomic E-state index is 11.8. The molecule has 104 valence electrons. The number of hydrogen-bond acceptors (Lipinski definition) is 4. The Morgan fingerprint density at radius 2 is 2.00 bits per heavy atom. The molecule has 1 aromatic carbocycles. The molecule has 0 radical (unpaired) electrons. The van der Waals surface area contributed by atoms with Crippen LogP contribution in [0.1, 0.15) is 5.56 Å². The number of rotatable bonds is 3. The van der Waals surface area contributed by atoms with Gasteiger partial charge in [-0.15, -0.1) is 0 Å². The second kappa shape index (κ2) is 6.47. The Bertz CT molecular complexity index is 437. The number of carbonyl (C=O) groups is 1. The summed E-state index contributed by atoms with van der Waals surface area (Å²) in [5.41, 5.74) is 0.882. The van der Waals surface area contributed by atoms with E-state index in [2.05, 4.69) is 21.2 Å². The SMILES string of the molecule is O=C(Cc1ccc(Br)cc1)N[C@@H]1COC[C@@H](O)[C@H]1O. The molecule has 1 heterocycles. The number of aliphatic hydroxyl groups is 2. The highest BCUT2D eigenvalue weighted by molar-refractivity contribution is 9.10. The van der Waals surface area contributed by atoms with Crippen LogP contribution in [0.2, 0.25) is 0 Å². The van der Waals surface area contributed by atoms with Gasteiger partial charge < -0.3 is 20.3 Å². The summed E-state index contributed by atoms with van der Waals surface area (Å²) in [5, 5.41) is 21.9. The van der Waals surface area contributed by atoms with Crippen molar-refractivity contribution in [3.63, 3.8) is 0 Å². The molecule has 1 fully saturated rings. The summed E-state index contributed by atoms with van der Waals surface area (Å²) in [7, 11) is 0. The summed E-state index contributed by atoms with van der Waals surface area (Å²) in [4.78, 5) is 11.8. The summed E-state index contributed by atoms with van der Waals surface area (Å²) in [6.07, 6.45) is -1.71. The molecular weight excluding hydrogens is 314 g/mol. The molecule has 0 aromatic heterocycles. The molecule has 6 heteroatoms. The van der Waals surface area contributed by atoms with Crippen LogP contribution >= 0.6 is 15.9 Å². The van der Waals surface area contributed by atoms with Gasteiger partial charge in [0.05, 0.1) is 25.7 Å². The van der Waals surface area contributed by atoms with Gasteiger partial charge in [0, 0.05) is 4.47 Å². The fourth-order valence-electron chi connectivity index (χ4n) is 1.95. The number of aliphatic hydroxyl groups excluding tert-OH is 2. The van der Waals surface area contributed by atoms with Gasteiger partial charge in [0.2, 0.25) is 5.91 Å². The lowest BCUT2D eigenvalue weighted by atomic mass is 10.0. The molecular formula is C13H16BrNO4. The third kappa shape index (κ3) is 4.01. The minimum atomic E-state index is -0.984. The average molecular weight is 330 g/mol. The van der Waals surface area contributed by atoms with Gasteiger partial charge >= 0.3 is 0 Å². The van der Waals surface area contributed by atoms with Crippen LogP contribution in [-0.2, 0) is 16.0 Å². The molecule has 3 N–H and O–H groups in total. The first-order valence-electron chi connectivity index (χ1n) is 6.04. The summed E-state index contributed by atoms with van der Waals surface area (Å²) in [6.45, 7) is 0.310. The van der Waals surface area contributed by atoms with Crippen LogP contribution in [0.5, 0.6) is 0 Å². The third-order valence-corrected chi connectivity index (χ3v) is 3.55. The van der Waals surface area contributed by atoms with E-state index in [0.29, 0.717) is 0 Å². The van der Waals surface area contributed by atoms with Gasteiger partial charge in [-0.25, -0.2) is 0 Å². The van der Waals surface area contributed by atoms with Crippen LogP contribution in [0.3, 0.4) is 0 Å². The quantitative estimate of drug-likeness (QED) is 0.741. The first kappa shape index (κ1) is 14.5. The van der Waals surface area contributed by atoms with Crippen molar-refractivity contribution in [3.8, 4) is 0 Å². The molecule has 5 nitrogen and oxygen atoms in total. The standard InChI is InChI=1S/C13H16BrNO4/c14-9-3-1-8(2-4-9)5-12(17)15-10-6-19-7-11(16)13(10)18/h1-4,10-11,13,16,18H,5-7H2,(H,15,17)/t10-,11-,13+/m1/s1. The number of nitrogens with one attached hydrogen (secondary N) is 1. The fourth-order valence-corrected chi connectivity index (χ4v) is 2.22. The van der Waals surface area contributed by atoms with Gasteiger partial charge in [-0.3, -0.25) is 4.79 Å². The first-order chi connectivity index (χ1) is 9.06. The van der Waals surface area contributed by atoms with Crippen LogP contribution in [0, 0.1) is 0 Å². The summed E-state index contributed by atoms with van der Waals surface area (Å²) >= 11 is 3.33. The molecule has 2 rings (SSSR count). The highest BCUT2D eigenvalue weighted by atomic mass is 79.9. The number of carbonyl (C=O) groups excluding carboxylic acids is 1. The monoisotopic (exact) mass is 329 g/mol. The van der Waals surface area contributed by atoms with Gasteiger partial charge in [-0.1, -0.05) is 28.1 Å². The van der Waals surface area contributed by atoms with Crippen molar-refractivity contribution in [1.82, 2.24) is 5.32 Å². The van der Waals surface area contributed by atoms with E-state index < -0.39 is 18.2 Å². The normalized spacial score (nSPS) is 27.0. The highest BCUT2D eigenvalue weighted by Crippen LogP contribution is 2.12. The van der Waals surface area contributed by atoms with Crippen LogP contribution in [-0.4, -0.2) is 47.6 Å². The van der Waals surface area contributed by atoms with Gasteiger partial charge in [-0.05, 0) is 17.7 Å². The maximum absolute atomic E-state index is 11.8. The van der Waals surface area contributed by atoms with E-state index in [1.165, 1.54) is 0 Å². The fraction of sp³-hybridized carbons (Fsp3) is 0.462. The molecule has 19 heavy (non-hydrogen) atoms. The van der Waals surface area contributed by atoms with Crippen molar-refractivity contribution >= 4 is 21.8 Å². The molecule has 3 atom stereocenters. The van der Waals surface area contributed by atoms with Gasteiger partial charge in [-0.2, -0.15) is 0 Å². The Kier molecular flexibility index (Phi) is 4.93. The Morgan fingerprint density at radius 1 is 1.32 bits per heavy atom. The lowest BCUT2D eigenvalue weighted by Gasteiger charge is -2.32. The second-order valence-corrected chi connectivity index (χ2v) is 5.49. The minimum Gasteiger partial charge on any atom is -0.388 e. The molecule has 1 saturated heterocycles. The minimum absolute atomic E-state index is 0.0975. The Balaban J connectivity index is 1.88. The largest absolute Gasteiger partial charge is 0.388 e. The smallest absolute Gasteiger partial charge is 0.224 e. The van der Waals surface area contributed by atoms with E-state index in [4.69, 9.17) is 4.74 Å². The molecule has 0 aliphatic carbocycles. The van der Waals surface area contributed by atoms with Crippen molar-refractivity contribution in [2.45, 2.75) is 24.7 Å². The Labute approximate surface area is 119 Å². The molecule has 0 unspecified atom stereocenters. The van der Waals surface area contributed by atoms with Gasteiger partial charge in [0.1, 0.15) is 12.2 Å². The van der Waals surface area contributed by atoms with Gasteiger partial charge in [0.15, 0.2) is 0 Å². The van der Waals surface area contributed by atoms with E-state index >= 15 is 0 Å². The van der Waals surface area contributed by atoms with Gasteiger partial charge in [0.25, 0.3) is 0 Å². The lowest BCUT2D eigenvalue weighted by Crippen LogP contribution is -2.56. The molecule has 0 saturated carbocycles. The van der Waals surface area contributed by atoms with E-state index in [1.54, 1.807) is 0 Å². The second-order valence-electron chi connectivity index (χ2n) is 4.57. The summed E-state index contributed by atoms with van der Waals surface area (Å²) in [6, 6.07) is 6.88. The zero-order valence-corrected chi connectivity index (χ0v) is 11.8. The molecule has 1 amide bonds. The van der Waals surface area contributed by atoms with Crippen molar-refractivity contribution in [2.24, 2.45) is 0 Å².